The lowest BCUT2D eigenvalue weighted by molar-refractivity contribution is -0.120. The zero-order valence-electron chi connectivity index (χ0n) is 16.0. The van der Waals surface area contributed by atoms with Crippen LogP contribution in [0.15, 0.2) is 53.4 Å². The van der Waals surface area contributed by atoms with Gasteiger partial charge in [-0.15, -0.1) is 0 Å². The molecule has 0 radical (unpaired) electrons. The van der Waals surface area contributed by atoms with E-state index in [-0.39, 0.29) is 41.7 Å². The quantitative estimate of drug-likeness (QED) is 0.464. The van der Waals surface area contributed by atoms with Crippen molar-refractivity contribution >= 4 is 21.8 Å². The molecule has 0 heterocycles. The van der Waals surface area contributed by atoms with E-state index < -0.39 is 15.9 Å². The Balaban J connectivity index is 1.79. The van der Waals surface area contributed by atoms with E-state index in [4.69, 9.17) is 0 Å². The summed E-state index contributed by atoms with van der Waals surface area (Å²) in [5, 5.41) is 5.28. The van der Waals surface area contributed by atoms with Crippen molar-refractivity contribution < 1.29 is 27.2 Å². The highest BCUT2D eigenvalue weighted by Gasteiger charge is 2.20. The van der Waals surface area contributed by atoms with Crippen molar-refractivity contribution in [2.24, 2.45) is 0 Å². The lowest BCUT2D eigenvalue weighted by Crippen LogP contribution is -2.35. The highest BCUT2D eigenvalue weighted by molar-refractivity contribution is 7.89. The average molecular weight is 423 g/mol. The monoisotopic (exact) mass is 423 g/mol. The second-order valence-corrected chi connectivity index (χ2v) is 7.97. The van der Waals surface area contributed by atoms with Crippen LogP contribution in [0.1, 0.15) is 15.9 Å². The summed E-state index contributed by atoms with van der Waals surface area (Å²) >= 11 is 0. The largest absolute Gasteiger partial charge is 0.354 e. The number of carbonyl (C=O) groups is 2. The molecule has 2 N–H and O–H groups in total. The minimum atomic E-state index is -3.78. The van der Waals surface area contributed by atoms with Gasteiger partial charge in [-0.3, -0.25) is 14.4 Å². The first-order valence-corrected chi connectivity index (χ1v) is 10.1. The number of nitrogens with one attached hydrogen (secondary N) is 2. The van der Waals surface area contributed by atoms with Gasteiger partial charge >= 0.3 is 0 Å². The van der Waals surface area contributed by atoms with Crippen LogP contribution in [-0.4, -0.2) is 51.9 Å². The molecule has 2 amide bonds. The average Bonchev–Trinajstić information content (AvgIpc) is 2.72. The normalized spacial score (nSPS) is 11.3. The van der Waals surface area contributed by atoms with Crippen molar-refractivity contribution in [3.05, 3.63) is 65.5 Å². The third-order valence-corrected chi connectivity index (χ3v) is 5.71. The van der Waals surface area contributed by atoms with Gasteiger partial charge in [0.05, 0.1) is 18.4 Å². The summed E-state index contributed by atoms with van der Waals surface area (Å²) < 4.78 is 37.8. The first kappa shape index (κ1) is 22.5. The van der Waals surface area contributed by atoms with Gasteiger partial charge in [-0.2, -0.15) is 0 Å². The van der Waals surface area contributed by atoms with Gasteiger partial charge in [0.1, 0.15) is 5.82 Å². The predicted octanol–water partition coefficient (Wildman–Crippen LogP) is 1.10. The Kier molecular flexibility index (Phi) is 7.82. The summed E-state index contributed by atoms with van der Waals surface area (Å²) in [6, 6.07) is 11.0. The molecule has 156 valence electrons. The first-order valence-electron chi connectivity index (χ1n) is 8.66. The van der Waals surface area contributed by atoms with Gasteiger partial charge in [0.15, 0.2) is 0 Å². The highest BCUT2D eigenvalue weighted by Crippen LogP contribution is 2.15. The van der Waals surface area contributed by atoms with Crippen LogP contribution < -0.4 is 10.6 Å². The molecule has 29 heavy (non-hydrogen) atoms. The van der Waals surface area contributed by atoms with Crippen molar-refractivity contribution in [3.8, 4) is 0 Å². The second-order valence-electron chi connectivity index (χ2n) is 6.03. The van der Waals surface area contributed by atoms with Gasteiger partial charge in [0.25, 0.3) is 15.9 Å². The molecule has 0 unspecified atom stereocenters. The molecule has 2 rings (SSSR count). The lowest BCUT2D eigenvalue weighted by atomic mass is 10.1. The van der Waals surface area contributed by atoms with Crippen LogP contribution in [0.2, 0.25) is 0 Å². The van der Waals surface area contributed by atoms with Crippen LogP contribution in [0, 0.1) is 5.82 Å². The Morgan fingerprint density at radius 1 is 1.00 bits per heavy atom. The van der Waals surface area contributed by atoms with E-state index in [1.807, 2.05) is 0 Å². The number of sulfonamides is 1. The molecular weight excluding hydrogens is 401 g/mol. The summed E-state index contributed by atoms with van der Waals surface area (Å²) in [4.78, 5) is 28.6. The van der Waals surface area contributed by atoms with Crippen LogP contribution in [0.5, 0.6) is 0 Å². The fourth-order valence-electron chi connectivity index (χ4n) is 2.36. The van der Waals surface area contributed by atoms with Gasteiger partial charge in [-0.1, -0.05) is 16.6 Å². The lowest BCUT2D eigenvalue weighted by Gasteiger charge is -2.14. The molecule has 0 aliphatic rings. The number of hydroxylamine groups is 1. The molecule has 0 aliphatic heterocycles. The van der Waals surface area contributed by atoms with Gasteiger partial charge in [-0.05, 0) is 42.0 Å². The minimum absolute atomic E-state index is 0.00791. The zero-order chi connectivity index (χ0) is 21.4. The van der Waals surface area contributed by atoms with Gasteiger partial charge < -0.3 is 10.6 Å². The standard InChI is InChI=1S/C19H22FN3O5S/c1-23(28-2)29(26,27)17-9-5-15(6-10-17)19(25)22-12-11-21-18(24)13-14-3-7-16(20)8-4-14/h3-10H,11-13H2,1-2H3,(H,21,24)(H,22,25). The molecule has 0 bridgehead atoms. The number of benzene rings is 2. The minimum Gasteiger partial charge on any atom is -0.354 e. The Labute approximate surface area is 168 Å². The number of amides is 2. The molecule has 0 fully saturated rings. The maximum Gasteiger partial charge on any atom is 0.264 e. The SMILES string of the molecule is CON(C)S(=O)(=O)c1ccc(C(=O)NCCNC(=O)Cc2ccc(F)cc2)cc1. The van der Waals surface area contributed by atoms with E-state index in [2.05, 4.69) is 15.5 Å². The van der Waals surface area contributed by atoms with Crippen molar-refractivity contribution in [1.82, 2.24) is 15.1 Å². The van der Waals surface area contributed by atoms with E-state index in [0.717, 1.165) is 4.47 Å². The number of hydrogen-bond acceptors (Lipinski definition) is 5. The van der Waals surface area contributed by atoms with Crippen LogP contribution in [0.3, 0.4) is 0 Å². The molecule has 10 heteroatoms. The molecule has 0 spiro atoms. The number of carbonyl (C=O) groups excluding carboxylic acids is 2. The van der Waals surface area contributed by atoms with Crippen molar-refractivity contribution in [1.29, 1.82) is 0 Å². The van der Waals surface area contributed by atoms with E-state index in [1.165, 1.54) is 62.7 Å². The van der Waals surface area contributed by atoms with E-state index in [1.54, 1.807) is 0 Å². The fourth-order valence-corrected chi connectivity index (χ4v) is 3.33. The summed E-state index contributed by atoms with van der Waals surface area (Å²) in [5.41, 5.74) is 0.962. The predicted molar refractivity (Wildman–Crippen MR) is 104 cm³/mol. The third-order valence-electron chi connectivity index (χ3n) is 4.02. The summed E-state index contributed by atoms with van der Waals surface area (Å²) in [6.45, 7) is 0.414. The van der Waals surface area contributed by atoms with Gasteiger partial charge in [0.2, 0.25) is 5.91 Å². The topological polar surface area (TPSA) is 105 Å². The molecular formula is C19H22FN3O5S. The molecule has 0 saturated heterocycles. The van der Waals surface area contributed by atoms with E-state index >= 15 is 0 Å². The van der Waals surface area contributed by atoms with Gasteiger partial charge in [-0.25, -0.2) is 12.8 Å². The van der Waals surface area contributed by atoms with E-state index in [0.29, 0.717) is 5.56 Å². The Morgan fingerprint density at radius 3 is 2.17 bits per heavy atom. The summed E-state index contributed by atoms with van der Waals surface area (Å²) in [5.74, 6) is -1.02. The Hall–Kier alpha value is -2.82. The Bertz CT molecular complexity index is 947. The maximum atomic E-state index is 12.8. The Morgan fingerprint density at radius 2 is 1.59 bits per heavy atom. The molecule has 2 aromatic rings. The number of nitrogens with zero attached hydrogens (tertiary/aromatic N) is 1. The molecule has 0 aromatic heterocycles. The highest BCUT2D eigenvalue weighted by atomic mass is 32.2. The smallest absolute Gasteiger partial charge is 0.264 e. The molecule has 8 nitrogen and oxygen atoms in total. The van der Waals surface area contributed by atoms with Crippen LogP contribution in [0.4, 0.5) is 4.39 Å². The van der Waals surface area contributed by atoms with Crippen LogP contribution in [0.25, 0.3) is 0 Å². The third kappa shape index (κ3) is 6.34. The van der Waals surface area contributed by atoms with E-state index in [9.17, 15) is 22.4 Å². The zero-order valence-corrected chi connectivity index (χ0v) is 16.8. The molecule has 0 atom stereocenters. The van der Waals surface area contributed by atoms with Crippen LogP contribution >= 0.6 is 0 Å². The summed E-state index contributed by atoms with van der Waals surface area (Å²) in [6.07, 6.45) is 0.111. The van der Waals surface area contributed by atoms with Crippen molar-refractivity contribution in [2.45, 2.75) is 11.3 Å². The first-order chi connectivity index (χ1) is 13.7. The second kappa shape index (κ2) is 10.1. The fraction of sp³-hybridized carbons (Fsp3) is 0.263. The number of rotatable bonds is 9. The van der Waals surface area contributed by atoms with Crippen molar-refractivity contribution in [3.63, 3.8) is 0 Å². The molecule has 0 aliphatic carbocycles. The van der Waals surface area contributed by atoms with Crippen LogP contribution in [-0.2, 0) is 26.1 Å². The van der Waals surface area contributed by atoms with Gasteiger partial charge in [0, 0.05) is 25.7 Å². The summed E-state index contributed by atoms with van der Waals surface area (Å²) in [7, 11) is -1.28. The number of hydrogen-bond donors (Lipinski definition) is 2. The number of halogens is 1. The van der Waals surface area contributed by atoms with Crippen molar-refractivity contribution in [2.75, 3.05) is 27.2 Å². The molecule has 2 aromatic carbocycles. The maximum absolute atomic E-state index is 12.8. The molecule has 0 saturated carbocycles.